The fourth-order valence-electron chi connectivity index (χ4n) is 16.7. The topological polar surface area (TPSA) is 8.17 Å². The first-order valence-electron chi connectivity index (χ1n) is 28.5. The van der Waals surface area contributed by atoms with Crippen LogP contribution in [0.5, 0.6) is 0 Å². The van der Waals surface area contributed by atoms with Crippen LogP contribution >= 0.6 is 11.3 Å². The van der Waals surface area contributed by atoms with Gasteiger partial charge in [0.05, 0.1) is 10.7 Å². The Labute approximate surface area is 441 Å². The first kappa shape index (κ1) is 44.0. The molecule has 0 atom stereocenters. The molecule has 0 N–H and O–H groups in total. The SMILES string of the molecule is CC(C)(C)c1ccc(N2c3cc(-c4ccccc4)cc4c3B(c3c2sc2c3ccc3ccccc32)n2c3ccc(C56CCCC(CCC5)C6)cc3c3cc(C56CCCC(CCC5)C6)cc-4c32)c(-c2ccccc2)c1. The highest BCUT2D eigenvalue weighted by Gasteiger charge is 2.48. The Balaban J connectivity index is 1.06. The van der Waals surface area contributed by atoms with Crippen LogP contribution < -0.4 is 15.8 Å². The van der Waals surface area contributed by atoms with Gasteiger partial charge in [-0.05, 0) is 181 Å². The van der Waals surface area contributed by atoms with Crippen LogP contribution in [0.25, 0.3) is 76.0 Å². The van der Waals surface area contributed by atoms with Gasteiger partial charge in [-0.25, -0.2) is 0 Å². The number of hydrogen-bond donors (Lipinski definition) is 0. The third-order valence-electron chi connectivity index (χ3n) is 20.1. The van der Waals surface area contributed by atoms with Crippen LogP contribution in [0.1, 0.15) is 127 Å². The summed E-state index contributed by atoms with van der Waals surface area (Å²) >= 11 is 2.01. The summed E-state index contributed by atoms with van der Waals surface area (Å²) in [5.41, 5.74) is 21.3. The van der Waals surface area contributed by atoms with E-state index in [2.05, 4.69) is 188 Å². The van der Waals surface area contributed by atoms with Crippen molar-refractivity contribution in [1.29, 1.82) is 0 Å². The van der Waals surface area contributed by atoms with E-state index < -0.39 is 0 Å². The van der Waals surface area contributed by atoms with E-state index in [9.17, 15) is 0 Å². The molecule has 4 heteroatoms. The zero-order valence-electron chi connectivity index (χ0n) is 43.4. The van der Waals surface area contributed by atoms with Gasteiger partial charge in [-0.3, -0.25) is 0 Å². The molecule has 4 heterocycles. The summed E-state index contributed by atoms with van der Waals surface area (Å²) in [6, 6.07) is 62.7. The molecule has 8 aromatic carbocycles. The minimum atomic E-state index is -0.0250. The van der Waals surface area contributed by atoms with Crippen LogP contribution in [-0.2, 0) is 16.2 Å². The maximum atomic E-state index is 2.89. The molecule has 0 unspecified atom stereocenters. The highest BCUT2D eigenvalue weighted by Crippen LogP contribution is 2.57. The third-order valence-corrected chi connectivity index (χ3v) is 21.4. The first-order chi connectivity index (χ1) is 36.2. The molecule has 4 bridgehead atoms. The van der Waals surface area contributed by atoms with Gasteiger partial charge in [0, 0.05) is 43.3 Å². The van der Waals surface area contributed by atoms with Gasteiger partial charge < -0.3 is 9.38 Å². The van der Waals surface area contributed by atoms with Crippen molar-refractivity contribution in [2.45, 2.75) is 127 Å². The van der Waals surface area contributed by atoms with Crippen molar-refractivity contribution in [1.82, 2.24) is 4.48 Å². The molecular weight excluding hydrogens is 912 g/mol. The van der Waals surface area contributed by atoms with Gasteiger partial charge in [0.1, 0.15) is 0 Å². The van der Waals surface area contributed by atoms with Crippen LogP contribution in [0.4, 0.5) is 16.4 Å². The molecule has 0 saturated heterocycles. The Morgan fingerprint density at radius 1 is 0.500 bits per heavy atom. The number of fused-ring (bicyclic) bond motifs is 15. The predicted molar refractivity (Wildman–Crippen MR) is 317 cm³/mol. The molecule has 2 aliphatic heterocycles. The van der Waals surface area contributed by atoms with Gasteiger partial charge in [-0.2, -0.15) is 0 Å². The molecule has 0 amide bonds. The van der Waals surface area contributed by atoms with E-state index in [0.29, 0.717) is 5.41 Å². The van der Waals surface area contributed by atoms with Crippen LogP contribution in [-0.4, -0.2) is 11.3 Å². The highest BCUT2D eigenvalue weighted by molar-refractivity contribution is 7.26. The second-order valence-corrected chi connectivity index (χ2v) is 26.2. The summed E-state index contributed by atoms with van der Waals surface area (Å²) in [5, 5.41) is 8.33. The molecule has 2 aromatic heterocycles. The van der Waals surface area contributed by atoms with Gasteiger partial charge in [0.2, 0.25) is 0 Å². The van der Waals surface area contributed by atoms with Crippen molar-refractivity contribution in [3.8, 4) is 33.4 Å². The summed E-state index contributed by atoms with van der Waals surface area (Å²) < 4.78 is 4.27. The highest BCUT2D eigenvalue weighted by atomic mass is 32.1. The molecule has 0 radical (unpaired) electrons. The second-order valence-electron chi connectivity index (χ2n) is 25.2. The van der Waals surface area contributed by atoms with E-state index in [4.69, 9.17) is 0 Å². The van der Waals surface area contributed by atoms with Crippen LogP contribution in [0.15, 0.2) is 158 Å². The Hall–Kier alpha value is -6.36. The lowest BCUT2D eigenvalue weighted by atomic mass is 9.45. The summed E-state index contributed by atoms with van der Waals surface area (Å²) in [6.45, 7) is 7.04. The number of nitrogens with zero attached hydrogens (tertiary/aromatic N) is 2. The quantitative estimate of drug-likeness (QED) is 0.156. The smallest absolute Gasteiger partial charge is 0.334 e. The van der Waals surface area contributed by atoms with Gasteiger partial charge >= 0.3 is 6.85 Å². The van der Waals surface area contributed by atoms with Crippen LogP contribution in [0.3, 0.4) is 0 Å². The lowest BCUT2D eigenvalue weighted by molar-refractivity contribution is 0.149. The van der Waals surface area contributed by atoms with E-state index >= 15 is 0 Å². The Morgan fingerprint density at radius 3 is 1.88 bits per heavy atom. The third kappa shape index (κ3) is 6.36. The van der Waals surface area contributed by atoms with Gasteiger partial charge in [-0.1, -0.05) is 181 Å². The molecule has 74 heavy (non-hydrogen) atoms. The summed E-state index contributed by atoms with van der Waals surface area (Å²) in [6.07, 6.45) is 19.1. The molecule has 2 nitrogen and oxygen atoms in total. The van der Waals surface area contributed by atoms with Gasteiger partial charge in [-0.15, -0.1) is 11.3 Å². The largest absolute Gasteiger partial charge is 0.375 e. The number of anilines is 3. The summed E-state index contributed by atoms with van der Waals surface area (Å²) in [5.74, 6) is 1.73. The van der Waals surface area contributed by atoms with Gasteiger partial charge in [0.25, 0.3) is 0 Å². The molecule has 4 fully saturated rings. The van der Waals surface area contributed by atoms with E-state index in [1.807, 2.05) is 11.3 Å². The van der Waals surface area contributed by atoms with Gasteiger partial charge in [0.15, 0.2) is 0 Å². The fraction of sp³-hybridized carbons (Fsp3) is 0.314. The zero-order valence-corrected chi connectivity index (χ0v) is 44.3. The number of benzene rings is 8. The van der Waals surface area contributed by atoms with E-state index in [1.54, 1.807) is 11.1 Å². The molecule has 4 aliphatic carbocycles. The second kappa shape index (κ2) is 16.1. The van der Waals surface area contributed by atoms with Crippen molar-refractivity contribution in [2.75, 3.05) is 4.90 Å². The van der Waals surface area contributed by atoms with E-state index in [-0.39, 0.29) is 17.7 Å². The van der Waals surface area contributed by atoms with Crippen molar-refractivity contribution >= 4 is 88.2 Å². The number of rotatable bonds is 5. The van der Waals surface area contributed by atoms with Crippen molar-refractivity contribution in [3.63, 3.8) is 0 Å². The molecular formula is C70H65BN2S. The molecule has 16 rings (SSSR count). The number of hydrogen-bond acceptors (Lipinski definition) is 2. The average Bonchev–Trinajstić information content (AvgIpc) is 4.13. The van der Waals surface area contributed by atoms with E-state index in [0.717, 1.165) is 11.8 Å². The lowest BCUT2D eigenvalue weighted by Gasteiger charge is -2.46. The van der Waals surface area contributed by atoms with Crippen LogP contribution in [0.2, 0.25) is 0 Å². The standard InChI is InChI=1S/C70H65BN2S/c1-68(2,3)50-27-30-60(55(38-50)47-22-8-5-9-23-47)72-62-37-49(46-20-6-4-7-21-46)36-57-59-41-52(70-34-14-18-45(43-70)19-15-35-70)40-58-56-39-51(69-32-12-16-44(42-69)17-13-33-69)28-31-61(56)73(65(58)59)71(63(57)62)64-54-29-26-48-24-10-11-25-53(48)66(54)74-67(64)72/h4-11,20-31,36-41,44-45H,12-19,32-35,42-43H2,1-3H3. The maximum absolute atomic E-state index is 2.89. The summed E-state index contributed by atoms with van der Waals surface area (Å²) in [4.78, 5) is 2.74. The Bertz CT molecular complexity index is 3920. The lowest BCUT2D eigenvalue weighted by Crippen LogP contribution is -2.56. The molecule has 0 spiro atoms. The van der Waals surface area contributed by atoms with Crippen molar-refractivity contribution in [3.05, 3.63) is 174 Å². The van der Waals surface area contributed by atoms with E-state index in [1.165, 1.54) is 199 Å². The first-order valence-corrected chi connectivity index (χ1v) is 29.3. The molecule has 10 aromatic rings. The van der Waals surface area contributed by atoms with Crippen molar-refractivity contribution in [2.24, 2.45) is 11.8 Å². The average molecular weight is 977 g/mol. The molecule has 4 saturated carbocycles. The molecule has 364 valence electrons. The zero-order chi connectivity index (χ0) is 49.1. The monoisotopic (exact) mass is 976 g/mol. The fourth-order valence-corrected chi connectivity index (χ4v) is 18.1. The Kier molecular flexibility index (Phi) is 9.56. The number of aromatic nitrogens is 1. The van der Waals surface area contributed by atoms with Crippen molar-refractivity contribution < 1.29 is 0 Å². The minimum absolute atomic E-state index is 0.0171. The maximum Gasteiger partial charge on any atom is 0.334 e. The number of thiophene rings is 1. The Morgan fingerprint density at radius 2 is 1.16 bits per heavy atom. The predicted octanol–water partition coefficient (Wildman–Crippen LogP) is 18.4. The normalized spacial score (nSPS) is 22.9. The summed E-state index contributed by atoms with van der Waals surface area (Å²) in [7, 11) is 0. The minimum Gasteiger partial charge on any atom is -0.375 e. The van der Waals surface area contributed by atoms with Crippen LogP contribution in [0, 0.1) is 11.8 Å². The molecule has 6 aliphatic rings.